The molecule has 1 N–H and O–H groups in total. The van der Waals surface area contributed by atoms with Crippen LogP contribution in [0.3, 0.4) is 0 Å². The number of hydrogen-bond donors (Lipinski definition) is 1. The van der Waals surface area contributed by atoms with E-state index < -0.39 is 0 Å². The first-order valence-electron chi connectivity index (χ1n) is 8.40. The van der Waals surface area contributed by atoms with Crippen molar-refractivity contribution < 1.29 is 4.39 Å². The van der Waals surface area contributed by atoms with Gasteiger partial charge in [-0.1, -0.05) is 19.9 Å². The minimum absolute atomic E-state index is 0.119. The zero-order valence-corrected chi connectivity index (χ0v) is 14.0. The van der Waals surface area contributed by atoms with E-state index in [-0.39, 0.29) is 5.82 Å². The van der Waals surface area contributed by atoms with Gasteiger partial charge in [-0.25, -0.2) is 4.39 Å². The smallest absolute Gasteiger partial charge is 0.123 e. The van der Waals surface area contributed by atoms with Gasteiger partial charge in [0.15, 0.2) is 0 Å². The largest absolute Gasteiger partial charge is 0.319 e. The summed E-state index contributed by atoms with van der Waals surface area (Å²) in [5.74, 6) is 2.99. The maximum atomic E-state index is 13.3. The number of rotatable bonds is 5. The summed E-state index contributed by atoms with van der Waals surface area (Å²) in [6.45, 7) is 7.84. The van der Waals surface area contributed by atoms with Crippen LogP contribution in [0.1, 0.15) is 44.2 Å². The van der Waals surface area contributed by atoms with E-state index in [9.17, 15) is 4.39 Å². The van der Waals surface area contributed by atoms with Crippen molar-refractivity contribution in [2.75, 3.05) is 13.6 Å². The molecule has 1 aliphatic rings. The molecule has 3 atom stereocenters. The van der Waals surface area contributed by atoms with Gasteiger partial charge in [-0.05, 0) is 93.1 Å². The first kappa shape index (κ1) is 16.5. The highest BCUT2D eigenvalue weighted by atomic mass is 19.1. The summed E-state index contributed by atoms with van der Waals surface area (Å²) in [5, 5.41) is 3.36. The third-order valence-electron chi connectivity index (χ3n) is 5.38. The van der Waals surface area contributed by atoms with Gasteiger partial charge in [0.25, 0.3) is 0 Å². The van der Waals surface area contributed by atoms with Crippen LogP contribution in [-0.4, -0.2) is 13.6 Å². The van der Waals surface area contributed by atoms with Crippen molar-refractivity contribution in [3.8, 4) is 0 Å². The predicted octanol–water partition coefficient (Wildman–Crippen LogP) is 4.58. The van der Waals surface area contributed by atoms with Gasteiger partial charge in [0.2, 0.25) is 0 Å². The normalized spacial score (nSPS) is 26.3. The molecule has 0 aliphatic heterocycles. The van der Waals surface area contributed by atoms with E-state index in [2.05, 4.69) is 26.2 Å². The first-order chi connectivity index (χ1) is 10.0. The molecule has 21 heavy (non-hydrogen) atoms. The van der Waals surface area contributed by atoms with Gasteiger partial charge < -0.3 is 5.32 Å². The summed E-state index contributed by atoms with van der Waals surface area (Å²) < 4.78 is 13.3. The molecular weight excluding hydrogens is 261 g/mol. The van der Waals surface area contributed by atoms with E-state index in [1.165, 1.54) is 24.8 Å². The van der Waals surface area contributed by atoms with Crippen molar-refractivity contribution >= 4 is 0 Å². The van der Waals surface area contributed by atoms with E-state index >= 15 is 0 Å². The molecule has 1 aromatic carbocycles. The summed E-state index contributed by atoms with van der Waals surface area (Å²) in [7, 11) is 2.05. The molecular formula is C19H30FN. The zero-order chi connectivity index (χ0) is 15.4. The average molecular weight is 291 g/mol. The second-order valence-corrected chi connectivity index (χ2v) is 7.17. The molecule has 0 bridgehead atoms. The van der Waals surface area contributed by atoms with Crippen molar-refractivity contribution in [2.45, 2.75) is 46.5 Å². The summed E-state index contributed by atoms with van der Waals surface area (Å²) in [6, 6.07) is 5.27. The Labute approximate surface area is 129 Å². The van der Waals surface area contributed by atoms with Crippen LogP contribution in [0, 0.1) is 36.4 Å². The van der Waals surface area contributed by atoms with Crippen molar-refractivity contribution in [2.24, 2.45) is 23.7 Å². The van der Waals surface area contributed by atoms with Crippen molar-refractivity contribution in [3.63, 3.8) is 0 Å². The molecule has 2 heteroatoms. The highest BCUT2D eigenvalue weighted by Gasteiger charge is 2.31. The van der Waals surface area contributed by atoms with Gasteiger partial charge in [-0.3, -0.25) is 0 Å². The Balaban J connectivity index is 2.11. The molecule has 1 saturated carbocycles. The van der Waals surface area contributed by atoms with Crippen LogP contribution >= 0.6 is 0 Å². The Kier molecular flexibility index (Phi) is 5.80. The van der Waals surface area contributed by atoms with Crippen molar-refractivity contribution in [1.29, 1.82) is 0 Å². The third kappa shape index (κ3) is 4.29. The molecule has 3 unspecified atom stereocenters. The van der Waals surface area contributed by atoms with Crippen LogP contribution in [0.15, 0.2) is 18.2 Å². The van der Waals surface area contributed by atoms with Gasteiger partial charge >= 0.3 is 0 Å². The number of aryl methyl sites for hydroxylation is 1. The molecule has 0 radical (unpaired) electrons. The predicted molar refractivity (Wildman–Crippen MR) is 87.9 cm³/mol. The van der Waals surface area contributed by atoms with Gasteiger partial charge in [0.05, 0.1) is 0 Å². The molecule has 0 spiro atoms. The van der Waals surface area contributed by atoms with Crippen LogP contribution < -0.4 is 5.32 Å². The monoisotopic (exact) mass is 291 g/mol. The molecule has 0 aromatic heterocycles. The second kappa shape index (κ2) is 7.40. The summed E-state index contributed by atoms with van der Waals surface area (Å²) in [4.78, 5) is 0. The lowest BCUT2D eigenvalue weighted by atomic mass is 9.68. The minimum atomic E-state index is -0.119. The lowest BCUT2D eigenvalue weighted by Crippen LogP contribution is -2.34. The fraction of sp³-hybridized carbons (Fsp3) is 0.684. The number of hydrogen-bond acceptors (Lipinski definition) is 1. The fourth-order valence-corrected chi connectivity index (χ4v) is 3.92. The van der Waals surface area contributed by atoms with E-state index in [1.54, 1.807) is 12.1 Å². The van der Waals surface area contributed by atoms with E-state index in [4.69, 9.17) is 0 Å². The summed E-state index contributed by atoms with van der Waals surface area (Å²) >= 11 is 0. The molecule has 0 heterocycles. The SMILES string of the molecule is CNCC1CCC(C(C)C)CC1Cc1ccc(F)cc1C. The standard InChI is InChI=1S/C19H30FN/c1-13(2)15-5-6-17(12-21-4)18(10-15)11-16-7-8-19(20)9-14(16)3/h7-9,13,15,17-18,21H,5-6,10-12H2,1-4H3. The third-order valence-corrected chi connectivity index (χ3v) is 5.38. The number of nitrogens with one attached hydrogen (secondary N) is 1. The molecule has 0 saturated heterocycles. The lowest BCUT2D eigenvalue weighted by Gasteiger charge is -2.38. The molecule has 0 amide bonds. The highest BCUT2D eigenvalue weighted by molar-refractivity contribution is 5.27. The number of halogens is 1. The maximum Gasteiger partial charge on any atom is 0.123 e. The molecule has 1 aromatic rings. The van der Waals surface area contributed by atoms with Crippen LogP contribution in [0.25, 0.3) is 0 Å². The Bertz CT molecular complexity index is 455. The lowest BCUT2D eigenvalue weighted by molar-refractivity contribution is 0.146. The van der Waals surface area contributed by atoms with Gasteiger partial charge in [0, 0.05) is 0 Å². The molecule has 118 valence electrons. The number of benzene rings is 1. The topological polar surface area (TPSA) is 12.0 Å². The first-order valence-corrected chi connectivity index (χ1v) is 8.40. The maximum absolute atomic E-state index is 13.3. The Morgan fingerprint density at radius 2 is 2.00 bits per heavy atom. The molecule has 1 aliphatic carbocycles. The fourth-order valence-electron chi connectivity index (χ4n) is 3.92. The van der Waals surface area contributed by atoms with E-state index in [1.807, 2.05) is 13.0 Å². The van der Waals surface area contributed by atoms with Gasteiger partial charge in [-0.15, -0.1) is 0 Å². The molecule has 1 nitrogen and oxygen atoms in total. The van der Waals surface area contributed by atoms with E-state index in [0.717, 1.165) is 42.2 Å². The minimum Gasteiger partial charge on any atom is -0.319 e. The van der Waals surface area contributed by atoms with Gasteiger partial charge in [0.1, 0.15) is 5.82 Å². The Hall–Kier alpha value is -0.890. The van der Waals surface area contributed by atoms with E-state index in [0.29, 0.717) is 0 Å². The Morgan fingerprint density at radius 1 is 1.24 bits per heavy atom. The second-order valence-electron chi connectivity index (χ2n) is 7.17. The summed E-state index contributed by atoms with van der Waals surface area (Å²) in [5.41, 5.74) is 2.43. The van der Waals surface area contributed by atoms with Crippen molar-refractivity contribution in [3.05, 3.63) is 35.1 Å². The van der Waals surface area contributed by atoms with Crippen molar-refractivity contribution in [1.82, 2.24) is 5.32 Å². The highest BCUT2D eigenvalue weighted by Crippen LogP contribution is 2.39. The summed E-state index contributed by atoms with van der Waals surface area (Å²) in [6.07, 6.45) is 5.11. The van der Waals surface area contributed by atoms with Crippen LogP contribution in [0.4, 0.5) is 4.39 Å². The Morgan fingerprint density at radius 3 is 2.62 bits per heavy atom. The van der Waals surface area contributed by atoms with Crippen LogP contribution in [0.2, 0.25) is 0 Å². The van der Waals surface area contributed by atoms with Crippen LogP contribution in [0.5, 0.6) is 0 Å². The van der Waals surface area contributed by atoms with Gasteiger partial charge in [-0.2, -0.15) is 0 Å². The molecule has 2 rings (SSSR count). The quantitative estimate of drug-likeness (QED) is 0.837. The average Bonchev–Trinajstić information content (AvgIpc) is 2.43. The molecule has 1 fully saturated rings. The zero-order valence-electron chi connectivity index (χ0n) is 14.0. The van der Waals surface area contributed by atoms with Crippen LogP contribution in [-0.2, 0) is 6.42 Å².